The molecule has 3 heterocycles. The number of rotatable bonds is 5. The number of aromatic nitrogens is 4. The summed E-state index contributed by atoms with van der Waals surface area (Å²) in [7, 11) is 0. The molecule has 0 saturated carbocycles. The fraction of sp³-hybridized carbons (Fsp3) is 0.471. The van der Waals surface area contributed by atoms with Crippen molar-refractivity contribution in [1.82, 2.24) is 24.4 Å². The van der Waals surface area contributed by atoms with E-state index in [9.17, 15) is 14.4 Å². The predicted octanol–water partition coefficient (Wildman–Crippen LogP) is 0.0951. The number of nitrogens with one attached hydrogen (secondary N) is 1. The van der Waals surface area contributed by atoms with Crippen LogP contribution >= 0.6 is 0 Å². The Hall–Kier alpha value is -2.97. The number of likely N-dealkylation sites (tertiary alicyclic amines) is 1. The minimum atomic E-state index is -0.502. The van der Waals surface area contributed by atoms with Crippen LogP contribution < -0.4 is 16.0 Å². The lowest BCUT2D eigenvalue weighted by molar-refractivity contribution is -0.133. The molecule has 0 spiro atoms. The Kier molecular flexibility index (Phi) is 5.45. The van der Waals surface area contributed by atoms with E-state index in [2.05, 4.69) is 15.0 Å². The van der Waals surface area contributed by atoms with Gasteiger partial charge in [-0.25, -0.2) is 9.78 Å². The lowest BCUT2D eigenvalue weighted by Crippen LogP contribution is -2.42. The van der Waals surface area contributed by atoms with Gasteiger partial charge in [-0.2, -0.15) is 4.98 Å². The molecule has 26 heavy (non-hydrogen) atoms. The van der Waals surface area contributed by atoms with Gasteiger partial charge in [-0.15, -0.1) is 0 Å². The molecule has 1 aliphatic rings. The Morgan fingerprint density at radius 3 is 2.77 bits per heavy atom. The Morgan fingerprint density at radius 2 is 2.08 bits per heavy atom. The van der Waals surface area contributed by atoms with Gasteiger partial charge >= 0.3 is 5.69 Å². The smallest absolute Gasteiger partial charge is 0.328 e. The highest BCUT2D eigenvalue weighted by Crippen LogP contribution is 2.17. The summed E-state index contributed by atoms with van der Waals surface area (Å²) < 4.78 is 7.18. The van der Waals surface area contributed by atoms with Crippen molar-refractivity contribution in [3.05, 3.63) is 51.2 Å². The lowest BCUT2D eigenvalue weighted by Gasteiger charge is -2.32. The van der Waals surface area contributed by atoms with Crippen LogP contribution in [0.4, 0.5) is 0 Å². The van der Waals surface area contributed by atoms with Gasteiger partial charge in [-0.05, 0) is 6.92 Å². The van der Waals surface area contributed by atoms with Crippen molar-refractivity contribution in [2.75, 3.05) is 13.1 Å². The Bertz CT molecular complexity index is 883. The number of ether oxygens (including phenoxy) is 1. The molecule has 1 aliphatic heterocycles. The molecule has 1 amide bonds. The number of amides is 1. The quantitative estimate of drug-likeness (QED) is 0.810. The molecule has 0 aromatic carbocycles. The van der Waals surface area contributed by atoms with E-state index in [1.54, 1.807) is 17.2 Å². The van der Waals surface area contributed by atoms with Gasteiger partial charge in [-0.3, -0.25) is 14.6 Å². The molecule has 138 valence electrons. The normalized spacial score (nSPS) is 15.0. The number of hydrogen-bond acceptors (Lipinski definition) is 6. The maximum atomic E-state index is 12.3. The summed E-state index contributed by atoms with van der Waals surface area (Å²) in [5, 5.41) is 0. The van der Waals surface area contributed by atoms with Gasteiger partial charge in [0, 0.05) is 63.4 Å². The van der Waals surface area contributed by atoms with E-state index in [4.69, 9.17) is 4.74 Å². The molecule has 9 nitrogen and oxygen atoms in total. The maximum Gasteiger partial charge on any atom is 0.328 e. The maximum absolute atomic E-state index is 12.3. The molecule has 1 saturated heterocycles. The van der Waals surface area contributed by atoms with Crippen LogP contribution in [0.25, 0.3) is 0 Å². The minimum absolute atomic E-state index is 0.0144. The zero-order valence-electron chi connectivity index (χ0n) is 14.6. The first-order valence-corrected chi connectivity index (χ1v) is 8.55. The van der Waals surface area contributed by atoms with Crippen LogP contribution in [0.2, 0.25) is 0 Å². The third-order valence-corrected chi connectivity index (χ3v) is 4.30. The third kappa shape index (κ3) is 4.56. The van der Waals surface area contributed by atoms with Gasteiger partial charge < -0.3 is 14.2 Å². The van der Waals surface area contributed by atoms with E-state index in [0.717, 1.165) is 12.8 Å². The molecule has 0 radical (unpaired) electrons. The topological polar surface area (TPSA) is 110 Å². The molecular formula is C17H21N5O4. The van der Waals surface area contributed by atoms with Crippen LogP contribution in [0.3, 0.4) is 0 Å². The number of hydrogen-bond donors (Lipinski definition) is 1. The van der Waals surface area contributed by atoms with Gasteiger partial charge in [-0.1, -0.05) is 0 Å². The van der Waals surface area contributed by atoms with Crippen LogP contribution in [0.1, 0.15) is 25.1 Å². The second kappa shape index (κ2) is 7.94. The molecular weight excluding hydrogens is 338 g/mol. The fourth-order valence-electron chi connectivity index (χ4n) is 2.89. The predicted molar refractivity (Wildman–Crippen MR) is 92.9 cm³/mol. The number of nitrogens with zero attached hydrogens (tertiary/aromatic N) is 4. The first-order chi connectivity index (χ1) is 12.5. The molecule has 2 aromatic rings. The van der Waals surface area contributed by atoms with E-state index in [-0.39, 0.29) is 25.0 Å². The van der Waals surface area contributed by atoms with Crippen molar-refractivity contribution >= 4 is 5.91 Å². The van der Waals surface area contributed by atoms with Crippen LogP contribution in [0.15, 0.2) is 34.1 Å². The zero-order valence-corrected chi connectivity index (χ0v) is 14.6. The van der Waals surface area contributed by atoms with Gasteiger partial charge in [0.2, 0.25) is 11.8 Å². The van der Waals surface area contributed by atoms with Crippen molar-refractivity contribution in [1.29, 1.82) is 0 Å². The number of carbonyl (C=O) groups is 1. The highest BCUT2D eigenvalue weighted by molar-refractivity contribution is 5.76. The zero-order chi connectivity index (χ0) is 18.5. The lowest BCUT2D eigenvalue weighted by atomic mass is 10.1. The van der Waals surface area contributed by atoms with E-state index in [0.29, 0.717) is 24.8 Å². The second-order valence-electron chi connectivity index (χ2n) is 6.19. The van der Waals surface area contributed by atoms with E-state index >= 15 is 0 Å². The van der Waals surface area contributed by atoms with Crippen molar-refractivity contribution in [2.45, 2.75) is 38.8 Å². The summed E-state index contributed by atoms with van der Waals surface area (Å²) in [6.45, 7) is 3.26. The average molecular weight is 359 g/mol. The number of piperidine rings is 1. The van der Waals surface area contributed by atoms with Crippen LogP contribution in [0.5, 0.6) is 5.88 Å². The first-order valence-electron chi connectivity index (χ1n) is 8.55. The van der Waals surface area contributed by atoms with Gasteiger partial charge in [0.25, 0.3) is 5.56 Å². The van der Waals surface area contributed by atoms with Crippen molar-refractivity contribution in [3.63, 3.8) is 0 Å². The molecule has 3 rings (SSSR count). The largest absolute Gasteiger partial charge is 0.474 e. The fourth-order valence-corrected chi connectivity index (χ4v) is 2.89. The Morgan fingerprint density at radius 1 is 1.31 bits per heavy atom. The Balaban J connectivity index is 1.47. The van der Waals surface area contributed by atoms with Crippen molar-refractivity contribution in [3.8, 4) is 5.88 Å². The molecule has 0 bridgehead atoms. The minimum Gasteiger partial charge on any atom is -0.474 e. The molecule has 1 N–H and O–H groups in total. The number of aryl methyl sites for hydroxylation is 2. The number of aromatic amines is 1. The highest BCUT2D eigenvalue weighted by atomic mass is 16.5. The number of H-pyrrole nitrogens is 1. The summed E-state index contributed by atoms with van der Waals surface area (Å²) in [6.07, 6.45) is 4.76. The summed E-state index contributed by atoms with van der Waals surface area (Å²) >= 11 is 0. The summed E-state index contributed by atoms with van der Waals surface area (Å²) in [6, 6.07) is 3.00. The second-order valence-corrected chi connectivity index (χ2v) is 6.19. The van der Waals surface area contributed by atoms with Crippen LogP contribution in [-0.2, 0) is 11.3 Å². The van der Waals surface area contributed by atoms with Gasteiger partial charge in [0.15, 0.2) is 0 Å². The van der Waals surface area contributed by atoms with Gasteiger partial charge in [0.05, 0.1) is 0 Å². The van der Waals surface area contributed by atoms with Gasteiger partial charge in [0.1, 0.15) is 11.9 Å². The summed E-state index contributed by atoms with van der Waals surface area (Å²) in [5.74, 6) is 1.20. The standard InChI is InChI=1S/C17H21N5O4/c1-12-18-7-2-15(19-12)26-13-3-8-21(9-4-13)16(24)6-11-22-10-5-14(23)20-17(22)25/h2,5,7,10,13H,3-4,6,8-9,11H2,1H3,(H,20,23,25). The Labute approximate surface area is 149 Å². The van der Waals surface area contributed by atoms with Crippen molar-refractivity contribution < 1.29 is 9.53 Å². The molecule has 9 heteroatoms. The molecule has 0 unspecified atom stereocenters. The summed E-state index contributed by atoms with van der Waals surface area (Å²) in [4.78, 5) is 47.2. The molecule has 0 aliphatic carbocycles. The molecule has 1 fully saturated rings. The van der Waals surface area contributed by atoms with Crippen LogP contribution in [0, 0.1) is 6.92 Å². The number of carbonyl (C=O) groups excluding carboxylic acids is 1. The van der Waals surface area contributed by atoms with Crippen molar-refractivity contribution in [2.24, 2.45) is 0 Å². The van der Waals surface area contributed by atoms with E-state index in [1.165, 1.54) is 16.8 Å². The first kappa shape index (κ1) is 17.8. The van der Waals surface area contributed by atoms with E-state index in [1.807, 2.05) is 6.92 Å². The monoisotopic (exact) mass is 359 g/mol. The highest BCUT2D eigenvalue weighted by Gasteiger charge is 2.24. The van der Waals surface area contributed by atoms with E-state index < -0.39 is 11.2 Å². The SMILES string of the molecule is Cc1nccc(OC2CCN(C(=O)CCn3ccc(=O)[nH]c3=O)CC2)n1. The average Bonchev–Trinajstić information content (AvgIpc) is 2.61. The van der Waals surface area contributed by atoms with Crippen LogP contribution in [-0.4, -0.2) is 49.5 Å². The molecule has 0 atom stereocenters. The third-order valence-electron chi connectivity index (χ3n) is 4.30. The molecule has 2 aromatic heterocycles. The summed E-state index contributed by atoms with van der Waals surface area (Å²) in [5.41, 5.74) is -0.948.